The quantitative estimate of drug-likeness (QED) is 0.588. The lowest BCUT2D eigenvalue weighted by molar-refractivity contribution is -0.255. The average Bonchev–Trinajstić information content (AvgIpc) is 2.07. The molecule has 0 saturated carbocycles. The smallest absolute Gasteiger partial charge is 0.136 e. The van der Waals surface area contributed by atoms with Gasteiger partial charge in [0, 0.05) is 7.05 Å². The van der Waals surface area contributed by atoms with Gasteiger partial charge < -0.3 is 9.90 Å². The van der Waals surface area contributed by atoms with Gasteiger partial charge in [0.05, 0.1) is 17.2 Å². The largest absolute Gasteiger partial charge is 0.545 e. The van der Waals surface area contributed by atoms with Crippen molar-refractivity contribution in [2.45, 2.75) is 6.92 Å². The second-order valence-corrected chi connectivity index (χ2v) is 2.52. The molecule has 0 N–H and O–H groups in total. The number of carboxylic acid groups (broad SMARTS) is 1. The SMILES string of the molecule is Cc1nn(C)c(Cl)c1C(=O)[O-]. The highest BCUT2D eigenvalue weighted by Crippen LogP contribution is 2.16. The van der Waals surface area contributed by atoms with E-state index >= 15 is 0 Å². The van der Waals surface area contributed by atoms with Gasteiger partial charge in [0.2, 0.25) is 0 Å². The number of aromatic nitrogens is 2. The molecule has 0 aliphatic heterocycles. The molecule has 0 aliphatic rings. The summed E-state index contributed by atoms with van der Waals surface area (Å²) >= 11 is 5.59. The number of carboxylic acids is 1. The van der Waals surface area contributed by atoms with E-state index in [-0.39, 0.29) is 10.7 Å². The summed E-state index contributed by atoms with van der Waals surface area (Å²) in [6, 6.07) is 0. The lowest BCUT2D eigenvalue weighted by Crippen LogP contribution is -2.23. The minimum Gasteiger partial charge on any atom is -0.545 e. The molecule has 1 rings (SSSR count). The summed E-state index contributed by atoms with van der Waals surface area (Å²) in [6.07, 6.45) is 0. The molecule has 0 bridgehead atoms. The molecule has 11 heavy (non-hydrogen) atoms. The van der Waals surface area contributed by atoms with E-state index in [0.717, 1.165) is 0 Å². The first kappa shape index (κ1) is 8.07. The molecule has 1 heterocycles. The number of halogens is 1. The van der Waals surface area contributed by atoms with Crippen molar-refractivity contribution in [2.24, 2.45) is 7.05 Å². The monoisotopic (exact) mass is 173 g/mol. The fraction of sp³-hybridized carbons (Fsp3) is 0.333. The highest BCUT2D eigenvalue weighted by Gasteiger charge is 2.10. The Balaban J connectivity index is 3.34. The van der Waals surface area contributed by atoms with Crippen molar-refractivity contribution in [1.29, 1.82) is 0 Å². The lowest BCUT2D eigenvalue weighted by atomic mass is 10.3. The maximum Gasteiger partial charge on any atom is 0.136 e. The second-order valence-electron chi connectivity index (χ2n) is 2.16. The molecule has 0 fully saturated rings. The van der Waals surface area contributed by atoms with Crippen LogP contribution in [0, 0.1) is 6.92 Å². The molecule has 4 nitrogen and oxygen atoms in total. The van der Waals surface area contributed by atoms with Gasteiger partial charge in [-0.15, -0.1) is 0 Å². The molecule has 0 radical (unpaired) electrons. The van der Waals surface area contributed by atoms with Crippen molar-refractivity contribution < 1.29 is 9.90 Å². The zero-order chi connectivity index (χ0) is 8.59. The number of hydrogen-bond acceptors (Lipinski definition) is 3. The molecule has 0 unspecified atom stereocenters. The molecule has 1 aromatic heterocycles. The first-order chi connectivity index (χ1) is 5.04. The lowest BCUT2D eigenvalue weighted by Gasteiger charge is -1.98. The van der Waals surface area contributed by atoms with E-state index in [1.165, 1.54) is 4.68 Å². The first-order valence-electron chi connectivity index (χ1n) is 2.94. The molecule has 0 amide bonds. The van der Waals surface area contributed by atoms with E-state index < -0.39 is 5.97 Å². The maximum absolute atomic E-state index is 10.4. The highest BCUT2D eigenvalue weighted by atomic mass is 35.5. The van der Waals surface area contributed by atoms with E-state index in [2.05, 4.69) is 5.10 Å². The average molecular weight is 174 g/mol. The van der Waals surface area contributed by atoms with Crippen LogP contribution < -0.4 is 5.11 Å². The maximum atomic E-state index is 10.4. The predicted octanol–water partition coefficient (Wildman–Crippen LogP) is -0.255. The van der Waals surface area contributed by atoms with Crippen molar-refractivity contribution in [1.82, 2.24) is 9.78 Å². The molecule has 0 saturated heterocycles. The number of aryl methyl sites for hydroxylation is 2. The van der Waals surface area contributed by atoms with Crippen molar-refractivity contribution in [2.75, 3.05) is 0 Å². The Bertz CT molecular complexity index is 306. The molecule has 0 spiro atoms. The summed E-state index contributed by atoms with van der Waals surface area (Å²) in [6.45, 7) is 1.57. The Labute approximate surface area is 68.4 Å². The summed E-state index contributed by atoms with van der Waals surface area (Å²) in [7, 11) is 1.57. The van der Waals surface area contributed by atoms with Crippen molar-refractivity contribution in [3.05, 3.63) is 16.4 Å². The van der Waals surface area contributed by atoms with Crippen LogP contribution >= 0.6 is 11.6 Å². The zero-order valence-corrected chi connectivity index (χ0v) is 6.84. The van der Waals surface area contributed by atoms with Crippen LogP contribution in [0.5, 0.6) is 0 Å². The Morgan fingerprint density at radius 1 is 1.73 bits per heavy atom. The molecule has 5 heteroatoms. The Kier molecular flexibility index (Phi) is 1.87. The van der Waals surface area contributed by atoms with Gasteiger partial charge >= 0.3 is 0 Å². The molecule has 0 aromatic carbocycles. The van der Waals surface area contributed by atoms with Gasteiger partial charge in [0.1, 0.15) is 5.15 Å². The fourth-order valence-electron chi connectivity index (χ4n) is 0.862. The van der Waals surface area contributed by atoms with Gasteiger partial charge in [0.25, 0.3) is 0 Å². The number of aromatic carboxylic acids is 1. The van der Waals surface area contributed by atoms with Crippen molar-refractivity contribution in [3.8, 4) is 0 Å². The number of nitrogens with zero attached hydrogens (tertiary/aromatic N) is 2. The van der Waals surface area contributed by atoms with Crippen LogP contribution in [0.1, 0.15) is 16.1 Å². The van der Waals surface area contributed by atoms with Crippen LogP contribution in [-0.2, 0) is 7.05 Å². The standard InChI is InChI=1S/C6H7ClN2O2/c1-3-4(6(10)11)5(7)9(2)8-3/h1-2H3,(H,10,11)/p-1. The van der Waals surface area contributed by atoms with Crippen LogP contribution in [0.25, 0.3) is 0 Å². The van der Waals surface area contributed by atoms with Crippen LogP contribution in [0.15, 0.2) is 0 Å². The molecule has 0 atom stereocenters. The molecule has 0 aliphatic carbocycles. The Morgan fingerprint density at radius 3 is 2.45 bits per heavy atom. The summed E-state index contributed by atoms with van der Waals surface area (Å²) in [5.41, 5.74) is 0.340. The zero-order valence-electron chi connectivity index (χ0n) is 6.09. The Hall–Kier alpha value is -1.03. The van der Waals surface area contributed by atoms with Gasteiger partial charge in [-0.05, 0) is 6.92 Å². The minimum absolute atomic E-state index is 0.0332. The Morgan fingerprint density at radius 2 is 2.27 bits per heavy atom. The van der Waals surface area contributed by atoms with Crippen LogP contribution in [0.2, 0.25) is 5.15 Å². The summed E-state index contributed by atoms with van der Waals surface area (Å²) in [4.78, 5) is 10.4. The third-order valence-corrected chi connectivity index (χ3v) is 1.79. The van der Waals surface area contributed by atoms with Crippen molar-refractivity contribution >= 4 is 17.6 Å². The van der Waals surface area contributed by atoms with E-state index in [1.54, 1.807) is 14.0 Å². The van der Waals surface area contributed by atoms with E-state index in [0.29, 0.717) is 5.69 Å². The van der Waals surface area contributed by atoms with E-state index in [9.17, 15) is 9.90 Å². The van der Waals surface area contributed by atoms with Crippen LogP contribution in [0.3, 0.4) is 0 Å². The van der Waals surface area contributed by atoms with E-state index in [4.69, 9.17) is 11.6 Å². The van der Waals surface area contributed by atoms with Gasteiger partial charge in [0.15, 0.2) is 0 Å². The number of hydrogen-bond donors (Lipinski definition) is 0. The third-order valence-electron chi connectivity index (χ3n) is 1.36. The first-order valence-corrected chi connectivity index (χ1v) is 3.32. The van der Waals surface area contributed by atoms with Crippen molar-refractivity contribution in [3.63, 3.8) is 0 Å². The van der Waals surface area contributed by atoms with Gasteiger partial charge in [-0.3, -0.25) is 4.68 Å². The molecular weight excluding hydrogens is 168 g/mol. The third kappa shape index (κ3) is 1.21. The molecular formula is C6H6ClN2O2-. The summed E-state index contributed by atoms with van der Waals surface area (Å²) in [5, 5.41) is 14.3. The summed E-state index contributed by atoms with van der Waals surface area (Å²) < 4.78 is 1.29. The minimum atomic E-state index is -1.29. The fourth-order valence-corrected chi connectivity index (χ4v) is 1.11. The predicted molar refractivity (Wildman–Crippen MR) is 37.3 cm³/mol. The van der Waals surface area contributed by atoms with Gasteiger partial charge in [-0.25, -0.2) is 0 Å². The van der Waals surface area contributed by atoms with E-state index in [1.807, 2.05) is 0 Å². The summed E-state index contributed by atoms with van der Waals surface area (Å²) in [5.74, 6) is -1.29. The van der Waals surface area contributed by atoms with Gasteiger partial charge in [-0.2, -0.15) is 5.10 Å². The van der Waals surface area contributed by atoms with Crippen LogP contribution in [-0.4, -0.2) is 15.7 Å². The van der Waals surface area contributed by atoms with Crippen LogP contribution in [0.4, 0.5) is 0 Å². The molecule has 60 valence electrons. The number of carbonyl (C=O) groups excluding carboxylic acids is 1. The highest BCUT2D eigenvalue weighted by molar-refractivity contribution is 6.32. The second kappa shape index (κ2) is 2.54. The topological polar surface area (TPSA) is 58.0 Å². The number of carbonyl (C=O) groups is 1. The normalized spacial score (nSPS) is 10.1. The van der Waals surface area contributed by atoms with Gasteiger partial charge in [-0.1, -0.05) is 11.6 Å². The molecule has 1 aromatic rings. The number of rotatable bonds is 1.